The molecular formula is C17H30NSi+. The summed E-state index contributed by atoms with van der Waals surface area (Å²) in [6.45, 7) is 13.6. The van der Waals surface area contributed by atoms with Crippen LogP contribution in [0.15, 0.2) is 30.8 Å². The van der Waals surface area contributed by atoms with Crippen molar-refractivity contribution in [3.8, 4) is 0 Å². The Bertz CT molecular complexity index is 398. The maximum atomic E-state index is 3.80. The molecule has 0 saturated carbocycles. The van der Waals surface area contributed by atoms with Crippen molar-refractivity contribution in [1.82, 2.24) is 0 Å². The molecule has 19 heavy (non-hydrogen) atoms. The smallest absolute Gasteiger partial charge is 0.104 e. The van der Waals surface area contributed by atoms with Crippen LogP contribution >= 0.6 is 0 Å². The molecule has 1 aromatic rings. The highest BCUT2D eigenvalue weighted by Gasteiger charge is 2.19. The first-order chi connectivity index (χ1) is 8.72. The number of nitrogens with zero attached hydrogens (tertiary/aromatic N) is 1. The lowest BCUT2D eigenvalue weighted by atomic mass is 10.1. The molecule has 0 saturated heterocycles. The van der Waals surface area contributed by atoms with Gasteiger partial charge in [0, 0.05) is 13.6 Å². The van der Waals surface area contributed by atoms with Gasteiger partial charge < -0.3 is 4.48 Å². The Labute approximate surface area is 120 Å². The molecule has 1 nitrogen and oxygen atoms in total. The minimum absolute atomic E-state index is 0.882. The Morgan fingerprint density at radius 2 is 1.68 bits per heavy atom. The fraction of sp³-hybridized carbons (Fsp3) is 0.529. The van der Waals surface area contributed by atoms with E-state index in [9.17, 15) is 0 Å². The zero-order valence-electron chi connectivity index (χ0n) is 13.4. The predicted octanol–water partition coefficient (Wildman–Crippen LogP) is 4.63. The summed E-state index contributed by atoms with van der Waals surface area (Å²) in [5.74, 6) is 0. The predicted molar refractivity (Wildman–Crippen MR) is 90.0 cm³/mol. The van der Waals surface area contributed by atoms with Gasteiger partial charge in [0.2, 0.25) is 0 Å². The molecule has 106 valence electrons. The Balaban J connectivity index is 2.50. The molecule has 0 spiro atoms. The zero-order chi connectivity index (χ0) is 14.5. The topological polar surface area (TPSA) is 0 Å². The molecule has 0 amide bonds. The molecular weight excluding hydrogens is 246 g/mol. The average molecular weight is 277 g/mol. The van der Waals surface area contributed by atoms with Crippen molar-refractivity contribution >= 4 is 14.1 Å². The lowest BCUT2D eigenvalue weighted by Crippen LogP contribution is -2.40. The summed E-state index contributed by atoms with van der Waals surface area (Å²) in [7, 11) is 3.80. The normalized spacial score (nSPS) is 12.5. The third-order valence-corrected chi connectivity index (χ3v) is 5.37. The molecule has 2 heteroatoms. The van der Waals surface area contributed by atoms with Gasteiger partial charge >= 0.3 is 0 Å². The van der Waals surface area contributed by atoms with Gasteiger partial charge in [-0.1, -0.05) is 62.6 Å². The van der Waals surface area contributed by atoms with Crippen LogP contribution in [0.3, 0.4) is 0 Å². The van der Waals surface area contributed by atoms with Crippen LogP contribution in [0.2, 0.25) is 25.7 Å². The van der Waals surface area contributed by atoms with E-state index < -0.39 is 8.07 Å². The summed E-state index contributed by atoms with van der Waals surface area (Å²) in [6, 6.07) is 10.2. The van der Waals surface area contributed by atoms with E-state index in [0.29, 0.717) is 0 Å². The fourth-order valence-corrected chi connectivity index (χ4v) is 3.59. The molecule has 0 aliphatic heterocycles. The summed E-state index contributed by atoms with van der Waals surface area (Å²) < 4.78 is 1.08. The lowest BCUT2D eigenvalue weighted by Gasteiger charge is -2.31. The second kappa shape index (κ2) is 6.53. The van der Waals surface area contributed by atoms with Gasteiger partial charge in [-0.05, 0) is 12.0 Å². The number of rotatable bonds is 7. The van der Waals surface area contributed by atoms with Crippen LogP contribution in [0.4, 0.5) is 0 Å². The van der Waals surface area contributed by atoms with Gasteiger partial charge in [-0.3, -0.25) is 0 Å². The van der Waals surface area contributed by atoms with E-state index in [0.717, 1.165) is 11.0 Å². The first-order valence-electron chi connectivity index (χ1n) is 7.25. The number of quaternary nitrogens is 1. The van der Waals surface area contributed by atoms with E-state index in [2.05, 4.69) is 64.6 Å². The number of benzene rings is 1. The minimum atomic E-state index is -0.882. The van der Waals surface area contributed by atoms with Gasteiger partial charge in [-0.15, -0.1) is 0 Å². The van der Waals surface area contributed by atoms with E-state index in [1.54, 1.807) is 0 Å². The van der Waals surface area contributed by atoms with Crippen LogP contribution < -0.4 is 0 Å². The van der Waals surface area contributed by atoms with Crippen LogP contribution in [0.5, 0.6) is 0 Å². The largest absolute Gasteiger partial charge is 0.325 e. The summed E-state index contributed by atoms with van der Waals surface area (Å²) in [4.78, 5) is 0. The van der Waals surface area contributed by atoms with Gasteiger partial charge in [0.05, 0.1) is 20.6 Å². The molecule has 1 aromatic carbocycles. The molecule has 0 atom stereocenters. The fourth-order valence-electron chi connectivity index (χ4n) is 2.37. The molecule has 0 heterocycles. The third kappa shape index (κ3) is 6.74. The first kappa shape index (κ1) is 16.2. The molecule has 0 fully saturated rings. The highest BCUT2D eigenvalue weighted by atomic mass is 28.3. The Morgan fingerprint density at radius 1 is 1.11 bits per heavy atom. The van der Waals surface area contributed by atoms with Crippen molar-refractivity contribution < 1.29 is 4.48 Å². The second-order valence-electron chi connectivity index (χ2n) is 7.43. The molecule has 0 N–H and O–H groups in total. The number of hydrogen-bond acceptors (Lipinski definition) is 0. The first-order valence-corrected chi connectivity index (χ1v) is 11.0. The van der Waals surface area contributed by atoms with E-state index in [-0.39, 0.29) is 0 Å². The van der Waals surface area contributed by atoms with E-state index in [1.807, 2.05) is 6.08 Å². The van der Waals surface area contributed by atoms with Crippen molar-refractivity contribution in [3.05, 3.63) is 42.0 Å². The lowest BCUT2D eigenvalue weighted by molar-refractivity contribution is -0.903. The van der Waals surface area contributed by atoms with E-state index >= 15 is 0 Å². The molecule has 0 aliphatic rings. The molecule has 0 unspecified atom stereocenters. The maximum absolute atomic E-state index is 3.80. The van der Waals surface area contributed by atoms with Crippen LogP contribution in [-0.4, -0.2) is 33.2 Å². The van der Waals surface area contributed by atoms with Gasteiger partial charge in [-0.2, -0.15) is 0 Å². The SMILES string of the molecule is C=Cc1ccc(C[N+](C)(C)CCC[Si](C)(C)C)cc1. The van der Waals surface area contributed by atoms with Gasteiger partial charge in [-0.25, -0.2) is 0 Å². The van der Waals surface area contributed by atoms with Crippen LogP contribution in [0.1, 0.15) is 17.5 Å². The van der Waals surface area contributed by atoms with Gasteiger partial charge in [0.1, 0.15) is 6.54 Å². The Kier molecular flexibility index (Phi) is 5.57. The van der Waals surface area contributed by atoms with Crippen LogP contribution in [0.25, 0.3) is 6.08 Å². The zero-order valence-corrected chi connectivity index (χ0v) is 14.4. The molecule has 0 aliphatic carbocycles. The van der Waals surface area contributed by atoms with Crippen LogP contribution in [-0.2, 0) is 6.54 Å². The summed E-state index contributed by atoms with van der Waals surface area (Å²) in [5.41, 5.74) is 2.62. The molecule has 0 radical (unpaired) electrons. The van der Waals surface area contributed by atoms with Crippen molar-refractivity contribution in [2.45, 2.75) is 38.7 Å². The maximum Gasteiger partial charge on any atom is 0.104 e. The average Bonchev–Trinajstić information content (AvgIpc) is 2.27. The molecule has 0 aromatic heterocycles. The van der Waals surface area contributed by atoms with Gasteiger partial charge in [0.25, 0.3) is 0 Å². The number of hydrogen-bond donors (Lipinski definition) is 0. The third-order valence-electron chi connectivity index (χ3n) is 3.52. The van der Waals surface area contributed by atoms with Crippen molar-refractivity contribution in [2.24, 2.45) is 0 Å². The van der Waals surface area contributed by atoms with Crippen molar-refractivity contribution in [2.75, 3.05) is 20.6 Å². The van der Waals surface area contributed by atoms with Crippen molar-refractivity contribution in [3.63, 3.8) is 0 Å². The Hall–Kier alpha value is -0.863. The van der Waals surface area contributed by atoms with Crippen LogP contribution in [0, 0.1) is 0 Å². The standard InChI is InChI=1S/C17H30NSi/c1-7-16-9-11-17(12-10-16)15-18(2,3)13-8-14-19(4,5)6/h7,9-12H,1,8,13-15H2,2-6H3/q+1. The quantitative estimate of drug-likeness (QED) is 0.503. The van der Waals surface area contributed by atoms with Gasteiger partial charge in [0.15, 0.2) is 0 Å². The summed E-state index contributed by atoms with van der Waals surface area (Å²) in [5, 5.41) is 0. The molecule has 1 rings (SSSR count). The van der Waals surface area contributed by atoms with E-state index in [4.69, 9.17) is 0 Å². The summed E-state index contributed by atoms with van der Waals surface area (Å²) >= 11 is 0. The summed E-state index contributed by atoms with van der Waals surface area (Å²) in [6.07, 6.45) is 3.26. The second-order valence-corrected chi connectivity index (χ2v) is 13.0. The molecule has 0 bridgehead atoms. The van der Waals surface area contributed by atoms with Crippen molar-refractivity contribution in [1.29, 1.82) is 0 Å². The monoisotopic (exact) mass is 276 g/mol. The highest BCUT2D eigenvalue weighted by molar-refractivity contribution is 6.76. The Morgan fingerprint density at radius 3 is 2.16 bits per heavy atom. The highest BCUT2D eigenvalue weighted by Crippen LogP contribution is 2.16. The minimum Gasteiger partial charge on any atom is -0.325 e. The van der Waals surface area contributed by atoms with E-state index in [1.165, 1.54) is 30.1 Å².